The highest BCUT2D eigenvalue weighted by atomic mass is 32.2. The molecule has 0 saturated heterocycles. The summed E-state index contributed by atoms with van der Waals surface area (Å²) in [4.78, 5) is 17.6. The normalized spacial score (nSPS) is 13.2. The van der Waals surface area contributed by atoms with Gasteiger partial charge in [-0.3, -0.25) is 0 Å². The molecule has 3 heterocycles. The zero-order chi connectivity index (χ0) is 33.8. The monoisotopic (exact) mass is 671 g/mol. The van der Waals surface area contributed by atoms with Crippen molar-refractivity contribution in [3.05, 3.63) is 198 Å². The van der Waals surface area contributed by atoms with Crippen LogP contribution in [0.5, 0.6) is 0 Å². The number of fused-ring (bicyclic) bond motifs is 5. The first-order chi connectivity index (χ1) is 25.3. The highest BCUT2D eigenvalue weighted by Crippen LogP contribution is 2.56. The average molecular weight is 672 g/mol. The number of para-hydroxylation sites is 1. The van der Waals surface area contributed by atoms with Gasteiger partial charge in [-0.25, -0.2) is 15.0 Å². The summed E-state index contributed by atoms with van der Waals surface area (Å²) in [6.45, 7) is 0. The third-order valence-electron chi connectivity index (χ3n) is 9.87. The molecule has 0 unspecified atom stereocenters. The summed E-state index contributed by atoms with van der Waals surface area (Å²) >= 11 is 1.80. The minimum Gasteiger partial charge on any atom is -0.456 e. The van der Waals surface area contributed by atoms with Gasteiger partial charge in [0.05, 0.1) is 5.41 Å². The van der Waals surface area contributed by atoms with Gasteiger partial charge in [-0.05, 0) is 52.6 Å². The minimum absolute atomic E-state index is 0.500. The Morgan fingerprint density at radius 1 is 0.392 bits per heavy atom. The molecule has 5 heteroatoms. The minimum atomic E-state index is -0.500. The highest BCUT2D eigenvalue weighted by molar-refractivity contribution is 7.99. The molecule has 0 atom stereocenters. The standard InChI is InChI=1S/C46H29N3OS/c1-4-14-30(15-5-1)43-47-44(31-24-26-36-35-20-10-12-22-39(35)50-40(36)28-31)49-45(48-43)32-25-27-38-42(29-32)51-41-23-13-11-21-37(41)46(38,33-16-6-2-7-17-33)34-18-8-3-9-19-34/h1-29H. The Morgan fingerprint density at radius 3 is 1.65 bits per heavy atom. The van der Waals surface area contributed by atoms with Gasteiger partial charge in [0.2, 0.25) is 0 Å². The zero-order valence-electron chi connectivity index (χ0n) is 27.4. The van der Waals surface area contributed by atoms with E-state index in [4.69, 9.17) is 19.4 Å². The summed E-state index contributed by atoms with van der Waals surface area (Å²) in [6.07, 6.45) is 0. The van der Waals surface area contributed by atoms with Crippen LogP contribution in [0.25, 0.3) is 56.1 Å². The molecule has 51 heavy (non-hydrogen) atoms. The topological polar surface area (TPSA) is 51.8 Å². The number of benzene rings is 7. The fraction of sp³-hybridized carbons (Fsp3) is 0.0217. The Morgan fingerprint density at radius 2 is 0.922 bits per heavy atom. The van der Waals surface area contributed by atoms with Crippen LogP contribution >= 0.6 is 11.8 Å². The fourth-order valence-electron chi connectivity index (χ4n) is 7.57. The first-order valence-corrected chi connectivity index (χ1v) is 17.8. The summed E-state index contributed by atoms with van der Waals surface area (Å²) < 4.78 is 6.25. The van der Waals surface area contributed by atoms with Gasteiger partial charge in [-0.15, -0.1) is 0 Å². The van der Waals surface area contributed by atoms with Crippen molar-refractivity contribution in [3.8, 4) is 34.2 Å². The van der Waals surface area contributed by atoms with E-state index in [0.717, 1.165) is 38.6 Å². The average Bonchev–Trinajstić information content (AvgIpc) is 3.58. The second kappa shape index (κ2) is 11.9. The van der Waals surface area contributed by atoms with Gasteiger partial charge < -0.3 is 4.42 Å². The van der Waals surface area contributed by atoms with E-state index in [-0.39, 0.29) is 0 Å². The first-order valence-electron chi connectivity index (χ1n) is 17.0. The Labute approximate surface area is 299 Å². The Kier molecular flexibility index (Phi) is 6.93. The van der Waals surface area contributed by atoms with Crippen LogP contribution in [0.3, 0.4) is 0 Å². The summed E-state index contributed by atoms with van der Waals surface area (Å²) in [6, 6.07) is 61.7. The Bertz CT molecular complexity index is 2690. The smallest absolute Gasteiger partial charge is 0.164 e. The van der Waals surface area contributed by atoms with E-state index < -0.39 is 5.41 Å². The van der Waals surface area contributed by atoms with Crippen LogP contribution in [0.2, 0.25) is 0 Å². The predicted molar refractivity (Wildman–Crippen MR) is 206 cm³/mol. The van der Waals surface area contributed by atoms with Crippen molar-refractivity contribution in [1.82, 2.24) is 15.0 Å². The third-order valence-corrected chi connectivity index (χ3v) is 11.0. The first kappa shape index (κ1) is 29.6. The van der Waals surface area contributed by atoms with Crippen LogP contribution in [-0.4, -0.2) is 15.0 Å². The van der Waals surface area contributed by atoms with E-state index in [1.807, 2.05) is 54.6 Å². The summed E-state index contributed by atoms with van der Waals surface area (Å²) in [5.41, 5.74) is 8.88. The van der Waals surface area contributed by atoms with Crippen molar-refractivity contribution in [2.45, 2.75) is 15.2 Å². The van der Waals surface area contributed by atoms with Crippen molar-refractivity contribution in [2.24, 2.45) is 0 Å². The predicted octanol–water partition coefficient (Wildman–Crippen LogP) is 11.6. The van der Waals surface area contributed by atoms with Crippen LogP contribution < -0.4 is 0 Å². The second-order valence-electron chi connectivity index (χ2n) is 12.8. The van der Waals surface area contributed by atoms with Crippen LogP contribution in [0.1, 0.15) is 22.3 Å². The molecule has 9 aromatic rings. The van der Waals surface area contributed by atoms with E-state index in [0.29, 0.717) is 17.5 Å². The molecule has 0 radical (unpaired) electrons. The van der Waals surface area contributed by atoms with Gasteiger partial charge in [0.25, 0.3) is 0 Å². The molecule has 0 spiro atoms. The van der Waals surface area contributed by atoms with Crippen LogP contribution in [0, 0.1) is 0 Å². The van der Waals surface area contributed by atoms with Gasteiger partial charge in [-0.1, -0.05) is 157 Å². The number of rotatable bonds is 5. The molecule has 2 aromatic heterocycles. The number of furan rings is 1. The maximum absolute atomic E-state index is 6.25. The number of nitrogens with zero attached hydrogens (tertiary/aromatic N) is 3. The zero-order valence-corrected chi connectivity index (χ0v) is 28.2. The van der Waals surface area contributed by atoms with E-state index in [1.54, 1.807) is 11.8 Å². The van der Waals surface area contributed by atoms with Gasteiger partial charge >= 0.3 is 0 Å². The third kappa shape index (κ3) is 4.81. The lowest BCUT2D eigenvalue weighted by atomic mass is 9.64. The molecule has 10 rings (SSSR count). The van der Waals surface area contributed by atoms with E-state index in [2.05, 4.69) is 121 Å². The van der Waals surface area contributed by atoms with Gasteiger partial charge in [0, 0.05) is 37.3 Å². The van der Waals surface area contributed by atoms with E-state index in [1.165, 1.54) is 32.0 Å². The molecule has 0 saturated carbocycles. The van der Waals surface area contributed by atoms with Gasteiger partial charge in [0.15, 0.2) is 17.5 Å². The van der Waals surface area contributed by atoms with E-state index in [9.17, 15) is 0 Å². The number of aromatic nitrogens is 3. The summed E-state index contributed by atoms with van der Waals surface area (Å²) in [5.74, 6) is 1.84. The van der Waals surface area contributed by atoms with Gasteiger partial charge in [-0.2, -0.15) is 0 Å². The highest BCUT2D eigenvalue weighted by Gasteiger charge is 2.44. The summed E-state index contributed by atoms with van der Waals surface area (Å²) in [5, 5.41) is 2.16. The largest absolute Gasteiger partial charge is 0.456 e. The molecule has 1 aliphatic heterocycles. The van der Waals surface area contributed by atoms with Crippen molar-refractivity contribution in [3.63, 3.8) is 0 Å². The van der Waals surface area contributed by atoms with Crippen molar-refractivity contribution >= 4 is 33.7 Å². The molecule has 0 amide bonds. The molecule has 1 aliphatic rings. The summed E-state index contributed by atoms with van der Waals surface area (Å²) in [7, 11) is 0. The quantitative estimate of drug-likeness (QED) is 0.182. The van der Waals surface area contributed by atoms with Crippen LogP contribution in [0.15, 0.2) is 190 Å². The lowest BCUT2D eigenvalue weighted by Gasteiger charge is -2.42. The molecule has 0 bridgehead atoms. The number of hydrogen-bond acceptors (Lipinski definition) is 5. The lowest BCUT2D eigenvalue weighted by molar-refractivity contribution is 0.669. The van der Waals surface area contributed by atoms with E-state index >= 15 is 0 Å². The Balaban J connectivity index is 1.18. The van der Waals surface area contributed by atoms with Crippen molar-refractivity contribution in [2.75, 3.05) is 0 Å². The van der Waals surface area contributed by atoms with Crippen LogP contribution in [-0.2, 0) is 5.41 Å². The lowest BCUT2D eigenvalue weighted by Crippen LogP contribution is -2.34. The fourth-order valence-corrected chi connectivity index (χ4v) is 8.80. The molecule has 7 aromatic carbocycles. The Hall–Kier alpha value is -6.30. The molecular formula is C46H29N3OS. The molecule has 4 nitrogen and oxygen atoms in total. The van der Waals surface area contributed by atoms with Crippen LogP contribution in [0.4, 0.5) is 0 Å². The SMILES string of the molecule is c1ccc(-c2nc(-c3ccc4c(c3)Sc3ccccc3C4(c3ccccc3)c3ccccc3)nc(-c3ccc4c(c3)oc3ccccc34)n2)cc1. The van der Waals surface area contributed by atoms with Gasteiger partial charge in [0.1, 0.15) is 11.2 Å². The maximum Gasteiger partial charge on any atom is 0.164 e. The van der Waals surface area contributed by atoms with Crippen molar-refractivity contribution < 1.29 is 4.42 Å². The molecule has 0 aliphatic carbocycles. The molecular weight excluding hydrogens is 643 g/mol. The van der Waals surface area contributed by atoms with Crippen molar-refractivity contribution in [1.29, 1.82) is 0 Å². The molecule has 240 valence electrons. The maximum atomic E-state index is 6.25. The molecule has 0 fully saturated rings. The molecule has 0 N–H and O–H groups in total. The number of hydrogen-bond donors (Lipinski definition) is 0. The second-order valence-corrected chi connectivity index (χ2v) is 13.9.